The van der Waals surface area contributed by atoms with Gasteiger partial charge in [0.2, 0.25) is 0 Å². The number of aromatic carboxylic acids is 1. The molecule has 1 aromatic heterocycles. The number of hydrogen-bond acceptors (Lipinski definition) is 6. The Hall–Kier alpha value is -4.26. The molecular weight excluding hydrogens is 499 g/mol. The maximum atomic E-state index is 14.4. The molecule has 3 aromatic carbocycles. The van der Waals surface area contributed by atoms with Gasteiger partial charge in [-0.3, -0.25) is 4.90 Å². The summed E-state index contributed by atoms with van der Waals surface area (Å²) in [6.07, 6.45) is 1.90. The summed E-state index contributed by atoms with van der Waals surface area (Å²) in [6.45, 7) is 3.50. The van der Waals surface area contributed by atoms with Gasteiger partial charge in [0.05, 0.1) is 47.4 Å². The fraction of sp³-hybridized carbons (Fsp3) is 0.300. The summed E-state index contributed by atoms with van der Waals surface area (Å²) in [5, 5.41) is 18.5. The molecule has 0 unspecified atom stereocenters. The van der Waals surface area contributed by atoms with E-state index in [2.05, 4.69) is 15.5 Å². The Morgan fingerprint density at radius 3 is 2.85 bits per heavy atom. The zero-order valence-corrected chi connectivity index (χ0v) is 21.3. The van der Waals surface area contributed by atoms with Crippen molar-refractivity contribution in [3.8, 4) is 11.8 Å². The van der Waals surface area contributed by atoms with E-state index < -0.39 is 11.8 Å². The van der Waals surface area contributed by atoms with Crippen LogP contribution < -0.4 is 4.74 Å². The van der Waals surface area contributed by atoms with E-state index in [1.807, 2.05) is 18.2 Å². The van der Waals surface area contributed by atoms with Crippen molar-refractivity contribution < 1.29 is 23.8 Å². The second-order valence-corrected chi connectivity index (χ2v) is 9.99. The molecule has 0 bridgehead atoms. The van der Waals surface area contributed by atoms with Crippen LogP contribution in [0.5, 0.6) is 5.75 Å². The number of hydrogen-bond donors (Lipinski definition) is 1. The van der Waals surface area contributed by atoms with Crippen LogP contribution in [0.1, 0.15) is 44.9 Å². The standard InChI is InChI=1S/C30H27FN4O4/c31-25-12-19(14-32)4-5-22(25)18-39-28-3-1-2-20-8-10-34(16-24(20)28)17-29-33-26-7-6-21(30(36)37)13-27(26)35(29)15-23-9-11-38-23/h1-7,12-13,23H,8-11,15-18H2,(H,36,37)/t23-/m0/s1. The SMILES string of the molecule is N#Cc1ccc(COc2cccc3c2CN(Cc2nc4ccc(C(=O)O)cc4n2C[C@@H]2CCO2)CC3)c(F)c1. The molecule has 0 saturated carbocycles. The van der Waals surface area contributed by atoms with Gasteiger partial charge in [0, 0.05) is 30.8 Å². The summed E-state index contributed by atoms with van der Waals surface area (Å²) in [4.78, 5) is 18.8. The number of carboxylic acid groups (broad SMARTS) is 1. The Morgan fingerprint density at radius 2 is 2.10 bits per heavy atom. The molecule has 1 fully saturated rings. The molecule has 1 atom stereocenters. The van der Waals surface area contributed by atoms with E-state index in [1.54, 1.807) is 30.3 Å². The van der Waals surface area contributed by atoms with Gasteiger partial charge in [-0.2, -0.15) is 5.26 Å². The maximum absolute atomic E-state index is 14.4. The first-order valence-electron chi connectivity index (χ1n) is 13.0. The smallest absolute Gasteiger partial charge is 0.335 e. The van der Waals surface area contributed by atoms with Crippen LogP contribution in [0, 0.1) is 17.1 Å². The molecule has 8 nitrogen and oxygen atoms in total. The molecule has 2 aliphatic heterocycles. The Labute approximate surface area is 224 Å². The van der Waals surface area contributed by atoms with Crippen LogP contribution in [-0.4, -0.2) is 44.8 Å². The summed E-state index contributed by atoms with van der Waals surface area (Å²) in [5.41, 5.74) is 4.73. The van der Waals surface area contributed by atoms with Gasteiger partial charge in [0.25, 0.3) is 0 Å². The largest absolute Gasteiger partial charge is 0.488 e. The Balaban J connectivity index is 1.24. The van der Waals surface area contributed by atoms with Crippen LogP contribution in [0.4, 0.5) is 4.39 Å². The van der Waals surface area contributed by atoms with Gasteiger partial charge in [-0.15, -0.1) is 0 Å². The van der Waals surface area contributed by atoms with E-state index in [0.717, 1.165) is 48.4 Å². The summed E-state index contributed by atoms with van der Waals surface area (Å²) in [7, 11) is 0. The first-order valence-corrected chi connectivity index (χ1v) is 13.0. The molecule has 3 heterocycles. The minimum atomic E-state index is -0.966. The van der Waals surface area contributed by atoms with Gasteiger partial charge in [0.1, 0.15) is 24.0 Å². The predicted octanol–water partition coefficient (Wildman–Crippen LogP) is 4.67. The quantitative estimate of drug-likeness (QED) is 0.356. The number of nitriles is 1. The third-order valence-electron chi connectivity index (χ3n) is 7.49. The average molecular weight is 527 g/mol. The Morgan fingerprint density at radius 1 is 1.23 bits per heavy atom. The summed E-state index contributed by atoms with van der Waals surface area (Å²) in [6, 6.07) is 17.3. The molecule has 6 rings (SSSR count). The molecule has 1 N–H and O–H groups in total. The Bertz CT molecular complexity index is 1600. The topological polar surface area (TPSA) is 101 Å². The van der Waals surface area contributed by atoms with Crippen LogP contribution in [0.3, 0.4) is 0 Å². The molecule has 9 heteroatoms. The van der Waals surface area contributed by atoms with E-state index in [1.165, 1.54) is 11.6 Å². The monoisotopic (exact) mass is 526 g/mol. The number of aromatic nitrogens is 2. The normalized spacial score (nSPS) is 16.9. The van der Waals surface area contributed by atoms with Crippen molar-refractivity contribution in [2.24, 2.45) is 0 Å². The van der Waals surface area contributed by atoms with Crippen LogP contribution >= 0.6 is 0 Å². The first-order chi connectivity index (χ1) is 19.0. The fourth-order valence-electron chi connectivity index (χ4n) is 5.23. The lowest BCUT2D eigenvalue weighted by Crippen LogP contribution is -2.34. The predicted molar refractivity (Wildman–Crippen MR) is 141 cm³/mol. The number of rotatable bonds is 8. The summed E-state index contributed by atoms with van der Waals surface area (Å²) >= 11 is 0. The minimum Gasteiger partial charge on any atom is -0.488 e. The maximum Gasteiger partial charge on any atom is 0.335 e. The van der Waals surface area contributed by atoms with E-state index in [0.29, 0.717) is 30.9 Å². The van der Waals surface area contributed by atoms with Crippen LogP contribution in [0.25, 0.3) is 11.0 Å². The van der Waals surface area contributed by atoms with Crippen molar-refractivity contribution in [3.05, 3.63) is 94.1 Å². The zero-order valence-electron chi connectivity index (χ0n) is 21.3. The van der Waals surface area contributed by atoms with Crippen molar-refractivity contribution >= 4 is 17.0 Å². The number of carboxylic acids is 1. The van der Waals surface area contributed by atoms with Crippen molar-refractivity contribution in [2.45, 2.75) is 45.2 Å². The molecule has 39 heavy (non-hydrogen) atoms. The number of imidazole rings is 1. The van der Waals surface area contributed by atoms with Crippen LogP contribution in [0.2, 0.25) is 0 Å². The molecule has 0 aliphatic carbocycles. The van der Waals surface area contributed by atoms with Crippen LogP contribution in [0.15, 0.2) is 54.6 Å². The lowest BCUT2D eigenvalue weighted by Gasteiger charge is -2.31. The highest BCUT2D eigenvalue weighted by molar-refractivity contribution is 5.92. The molecule has 2 aliphatic rings. The van der Waals surface area contributed by atoms with Gasteiger partial charge < -0.3 is 19.1 Å². The molecule has 0 spiro atoms. The number of carbonyl (C=O) groups is 1. The van der Waals surface area contributed by atoms with E-state index >= 15 is 0 Å². The van der Waals surface area contributed by atoms with Gasteiger partial charge in [-0.25, -0.2) is 14.2 Å². The molecule has 198 valence electrons. The van der Waals surface area contributed by atoms with Crippen molar-refractivity contribution in [3.63, 3.8) is 0 Å². The molecule has 4 aromatic rings. The Kier molecular flexibility index (Phi) is 6.73. The van der Waals surface area contributed by atoms with Gasteiger partial charge >= 0.3 is 5.97 Å². The molecule has 1 saturated heterocycles. The third-order valence-corrected chi connectivity index (χ3v) is 7.49. The number of ether oxygens (including phenoxy) is 2. The lowest BCUT2D eigenvalue weighted by atomic mass is 9.98. The third kappa shape index (κ3) is 5.09. The van der Waals surface area contributed by atoms with E-state index in [-0.39, 0.29) is 23.8 Å². The average Bonchev–Trinajstić information content (AvgIpc) is 3.25. The molecule has 0 amide bonds. The molecule has 0 radical (unpaired) electrons. The summed E-state index contributed by atoms with van der Waals surface area (Å²) in [5.74, 6) is 0.154. The number of fused-ring (bicyclic) bond motifs is 2. The van der Waals surface area contributed by atoms with E-state index in [9.17, 15) is 14.3 Å². The molecular formula is C30H27FN4O4. The number of halogens is 1. The van der Waals surface area contributed by atoms with Gasteiger partial charge in [-0.1, -0.05) is 18.2 Å². The van der Waals surface area contributed by atoms with E-state index in [4.69, 9.17) is 19.7 Å². The first kappa shape index (κ1) is 25.0. The van der Waals surface area contributed by atoms with Crippen molar-refractivity contribution in [1.29, 1.82) is 5.26 Å². The van der Waals surface area contributed by atoms with Gasteiger partial charge in [-0.05, 0) is 54.8 Å². The van der Waals surface area contributed by atoms with Crippen LogP contribution in [-0.2, 0) is 37.4 Å². The number of benzene rings is 3. The second kappa shape index (κ2) is 10.5. The van der Waals surface area contributed by atoms with Crippen molar-refractivity contribution in [2.75, 3.05) is 13.2 Å². The zero-order chi connectivity index (χ0) is 26.9. The minimum absolute atomic E-state index is 0.0666. The number of nitrogens with zero attached hydrogens (tertiary/aromatic N) is 4. The second-order valence-electron chi connectivity index (χ2n) is 9.99. The lowest BCUT2D eigenvalue weighted by molar-refractivity contribution is -0.0592. The fourth-order valence-corrected chi connectivity index (χ4v) is 5.23. The van der Waals surface area contributed by atoms with Crippen molar-refractivity contribution in [1.82, 2.24) is 14.5 Å². The highest BCUT2D eigenvalue weighted by Crippen LogP contribution is 2.31. The highest BCUT2D eigenvalue weighted by atomic mass is 19.1. The highest BCUT2D eigenvalue weighted by Gasteiger charge is 2.25. The van der Waals surface area contributed by atoms with Gasteiger partial charge in [0.15, 0.2) is 0 Å². The summed E-state index contributed by atoms with van der Waals surface area (Å²) < 4.78 is 28.3.